The van der Waals surface area contributed by atoms with Crippen LogP contribution in [-0.2, 0) is 9.53 Å². The largest absolute Gasteiger partial charge is 0.454 e. The van der Waals surface area contributed by atoms with Crippen LogP contribution in [0, 0.1) is 11.8 Å². The Bertz CT molecular complexity index is 518. The van der Waals surface area contributed by atoms with Crippen molar-refractivity contribution in [2.24, 2.45) is 11.8 Å². The van der Waals surface area contributed by atoms with Gasteiger partial charge in [-0.2, -0.15) is 0 Å². The minimum Gasteiger partial charge on any atom is -0.454 e. The topological polar surface area (TPSA) is 87.0 Å². The van der Waals surface area contributed by atoms with Crippen LogP contribution in [0.5, 0.6) is 0 Å². The first-order chi connectivity index (χ1) is 9.25. The molecule has 2 fully saturated rings. The highest BCUT2D eigenvalue weighted by Gasteiger charge is 2.56. The summed E-state index contributed by atoms with van der Waals surface area (Å²) in [4.78, 5) is 11.7. The smallest absolute Gasteiger partial charge is 0.334 e. The first-order valence-corrected chi connectivity index (χ1v) is 6.94. The zero-order valence-corrected chi connectivity index (χ0v) is 11.7. The minimum atomic E-state index is -1.34. The van der Waals surface area contributed by atoms with Crippen molar-refractivity contribution < 1.29 is 24.9 Å². The molecule has 0 aromatic carbocycles. The van der Waals surface area contributed by atoms with Gasteiger partial charge in [0.1, 0.15) is 6.10 Å². The molecule has 5 heteroatoms. The van der Waals surface area contributed by atoms with Crippen molar-refractivity contribution in [3.8, 4) is 0 Å². The second-order valence-corrected chi connectivity index (χ2v) is 6.38. The van der Waals surface area contributed by atoms with Gasteiger partial charge < -0.3 is 20.1 Å². The van der Waals surface area contributed by atoms with Gasteiger partial charge >= 0.3 is 5.97 Å². The number of carbonyl (C=O) groups excluding carboxylic acids is 1. The average molecular weight is 280 g/mol. The Morgan fingerprint density at radius 1 is 1.35 bits per heavy atom. The molecule has 3 rings (SSSR count). The number of hydrogen-bond acceptors (Lipinski definition) is 5. The maximum absolute atomic E-state index is 11.7. The Balaban J connectivity index is 2.14. The second-order valence-electron chi connectivity index (χ2n) is 6.38. The molecule has 1 saturated heterocycles. The zero-order chi connectivity index (χ0) is 14.8. The lowest BCUT2D eigenvalue weighted by atomic mass is 9.80. The van der Waals surface area contributed by atoms with E-state index in [0.29, 0.717) is 12.0 Å². The number of aliphatic hydroxyl groups is 3. The summed E-state index contributed by atoms with van der Waals surface area (Å²) < 4.78 is 5.40. The SMILES string of the molecule is C=C1C(=O)O[C@@H]2C3=C(C)[C@@H](O)C[C@H]3[C@](C)(O)[C@H](O)C[C@@H]12. The molecule has 0 aromatic heterocycles. The Morgan fingerprint density at radius 3 is 2.65 bits per heavy atom. The first-order valence-electron chi connectivity index (χ1n) is 6.94. The summed E-state index contributed by atoms with van der Waals surface area (Å²) >= 11 is 0. The van der Waals surface area contributed by atoms with E-state index in [1.807, 2.05) is 0 Å². The van der Waals surface area contributed by atoms with Crippen LogP contribution in [-0.4, -0.2) is 45.2 Å². The van der Waals surface area contributed by atoms with Gasteiger partial charge in [0.25, 0.3) is 0 Å². The van der Waals surface area contributed by atoms with Crippen LogP contribution in [0.3, 0.4) is 0 Å². The third-order valence-electron chi connectivity index (χ3n) is 5.26. The molecule has 0 aromatic rings. The standard InChI is InChI=1S/C15H20O5/c1-6-8-4-11(17)15(3,19)9-5-10(16)7(2)12(9)13(8)20-14(6)18/h8-11,13,16-17,19H,1,4-5H2,2-3H3/t8-,9+,10-,11+,13-,15-/m0/s1. The average Bonchev–Trinajstić information content (AvgIpc) is 2.79. The van der Waals surface area contributed by atoms with Gasteiger partial charge in [0.15, 0.2) is 0 Å². The molecule has 0 amide bonds. The summed E-state index contributed by atoms with van der Waals surface area (Å²) in [6.07, 6.45) is -1.58. The zero-order valence-electron chi connectivity index (χ0n) is 11.7. The third-order valence-corrected chi connectivity index (χ3v) is 5.26. The summed E-state index contributed by atoms with van der Waals surface area (Å²) in [5.41, 5.74) is 0.496. The van der Waals surface area contributed by atoms with E-state index in [-0.39, 0.29) is 12.3 Å². The van der Waals surface area contributed by atoms with Crippen LogP contribution in [0.25, 0.3) is 0 Å². The molecule has 2 aliphatic carbocycles. The lowest BCUT2D eigenvalue weighted by molar-refractivity contribution is -0.138. The third kappa shape index (κ3) is 1.63. The van der Waals surface area contributed by atoms with E-state index in [0.717, 1.165) is 11.1 Å². The molecule has 3 aliphatic rings. The number of rotatable bonds is 0. The van der Waals surface area contributed by atoms with Gasteiger partial charge in [0.05, 0.1) is 17.8 Å². The molecule has 1 heterocycles. The van der Waals surface area contributed by atoms with Gasteiger partial charge in [0.2, 0.25) is 0 Å². The minimum absolute atomic E-state index is 0.242. The number of fused-ring (bicyclic) bond motifs is 3. The van der Waals surface area contributed by atoms with Gasteiger partial charge in [0, 0.05) is 17.4 Å². The van der Waals surface area contributed by atoms with E-state index >= 15 is 0 Å². The van der Waals surface area contributed by atoms with E-state index in [1.54, 1.807) is 13.8 Å². The highest BCUT2D eigenvalue weighted by Crippen LogP contribution is 2.51. The van der Waals surface area contributed by atoms with Gasteiger partial charge in [-0.15, -0.1) is 0 Å². The Kier molecular flexibility index (Phi) is 2.87. The lowest BCUT2D eigenvalue weighted by Crippen LogP contribution is -2.46. The summed E-state index contributed by atoms with van der Waals surface area (Å²) in [5, 5.41) is 31.1. The number of esters is 1. The second kappa shape index (κ2) is 4.16. The number of ether oxygens (including phenoxy) is 1. The molecular formula is C15H20O5. The van der Waals surface area contributed by atoms with E-state index in [4.69, 9.17) is 4.74 Å². The lowest BCUT2D eigenvalue weighted by Gasteiger charge is -2.34. The van der Waals surface area contributed by atoms with Crippen LogP contribution in [0.15, 0.2) is 23.3 Å². The molecule has 1 saturated carbocycles. The Hall–Kier alpha value is -1.17. The highest BCUT2D eigenvalue weighted by atomic mass is 16.6. The van der Waals surface area contributed by atoms with Crippen LogP contribution in [0.1, 0.15) is 26.7 Å². The molecule has 5 nitrogen and oxygen atoms in total. The fourth-order valence-electron chi connectivity index (χ4n) is 3.83. The molecule has 0 unspecified atom stereocenters. The van der Waals surface area contributed by atoms with Crippen molar-refractivity contribution in [3.05, 3.63) is 23.3 Å². The van der Waals surface area contributed by atoms with Crippen LogP contribution in [0.2, 0.25) is 0 Å². The fourth-order valence-corrected chi connectivity index (χ4v) is 3.83. The summed E-state index contributed by atoms with van der Waals surface area (Å²) in [5.74, 6) is -1.18. The van der Waals surface area contributed by atoms with Gasteiger partial charge in [-0.3, -0.25) is 0 Å². The van der Waals surface area contributed by atoms with E-state index < -0.39 is 35.8 Å². The number of aliphatic hydroxyl groups excluding tert-OH is 2. The predicted molar refractivity (Wildman–Crippen MR) is 70.6 cm³/mol. The van der Waals surface area contributed by atoms with Crippen molar-refractivity contribution >= 4 is 5.97 Å². The molecule has 0 radical (unpaired) electrons. The molecule has 6 atom stereocenters. The normalized spacial score (nSPS) is 48.0. The van der Waals surface area contributed by atoms with E-state index in [9.17, 15) is 20.1 Å². The Morgan fingerprint density at radius 2 is 2.00 bits per heavy atom. The summed E-state index contributed by atoms with van der Waals surface area (Å²) in [6.45, 7) is 7.12. The predicted octanol–water partition coefficient (Wildman–Crippen LogP) is 0.297. The monoisotopic (exact) mass is 280 g/mol. The van der Waals surface area contributed by atoms with Crippen LogP contribution in [0.4, 0.5) is 0 Å². The molecule has 0 spiro atoms. The highest BCUT2D eigenvalue weighted by molar-refractivity contribution is 5.91. The molecule has 0 bridgehead atoms. The van der Waals surface area contributed by atoms with E-state index in [2.05, 4.69) is 6.58 Å². The van der Waals surface area contributed by atoms with Gasteiger partial charge in [-0.05, 0) is 37.8 Å². The maximum Gasteiger partial charge on any atom is 0.334 e. The summed E-state index contributed by atoms with van der Waals surface area (Å²) in [7, 11) is 0. The van der Waals surface area contributed by atoms with Crippen LogP contribution < -0.4 is 0 Å². The van der Waals surface area contributed by atoms with Crippen molar-refractivity contribution in [2.75, 3.05) is 0 Å². The van der Waals surface area contributed by atoms with Crippen molar-refractivity contribution in [1.82, 2.24) is 0 Å². The molecule has 3 N–H and O–H groups in total. The molecule has 20 heavy (non-hydrogen) atoms. The van der Waals surface area contributed by atoms with Gasteiger partial charge in [-0.1, -0.05) is 6.58 Å². The number of carbonyl (C=O) groups is 1. The van der Waals surface area contributed by atoms with Gasteiger partial charge in [-0.25, -0.2) is 4.79 Å². The number of hydrogen-bond donors (Lipinski definition) is 3. The summed E-state index contributed by atoms with van der Waals surface area (Å²) in [6, 6.07) is 0. The quantitative estimate of drug-likeness (QED) is 0.337. The fraction of sp³-hybridized carbons (Fsp3) is 0.667. The van der Waals surface area contributed by atoms with Crippen molar-refractivity contribution in [2.45, 2.75) is 50.6 Å². The molecule has 1 aliphatic heterocycles. The Labute approximate surface area is 117 Å². The van der Waals surface area contributed by atoms with Crippen molar-refractivity contribution in [1.29, 1.82) is 0 Å². The van der Waals surface area contributed by atoms with E-state index in [1.165, 1.54) is 0 Å². The van der Waals surface area contributed by atoms with Crippen molar-refractivity contribution in [3.63, 3.8) is 0 Å². The first kappa shape index (κ1) is 13.8. The molecular weight excluding hydrogens is 260 g/mol. The maximum atomic E-state index is 11.7. The molecule has 110 valence electrons. The van der Waals surface area contributed by atoms with Crippen LogP contribution >= 0.6 is 0 Å².